The van der Waals surface area contributed by atoms with Crippen molar-refractivity contribution in [3.63, 3.8) is 0 Å². The number of ether oxygens (including phenoxy) is 3. The van der Waals surface area contributed by atoms with Crippen molar-refractivity contribution >= 4 is 5.91 Å². The second-order valence-electron chi connectivity index (χ2n) is 4.55. The molecule has 0 aromatic carbocycles. The molecule has 2 aliphatic heterocycles. The van der Waals surface area contributed by atoms with Crippen LogP contribution in [0.3, 0.4) is 0 Å². The highest BCUT2D eigenvalue weighted by Gasteiger charge is 2.29. The van der Waals surface area contributed by atoms with Crippen LogP contribution >= 0.6 is 0 Å². The molecular formula is C12H22N2O4. The van der Waals surface area contributed by atoms with Gasteiger partial charge in [0.2, 0.25) is 5.91 Å². The van der Waals surface area contributed by atoms with Crippen molar-refractivity contribution < 1.29 is 19.0 Å². The Bertz CT molecular complexity index is 269. The van der Waals surface area contributed by atoms with Crippen molar-refractivity contribution in [3.05, 3.63) is 0 Å². The molecule has 18 heavy (non-hydrogen) atoms. The summed E-state index contributed by atoms with van der Waals surface area (Å²) in [6, 6.07) is -0.188. The molecule has 1 amide bonds. The standard InChI is InChI=1S/C12H22N2O4/c1-13-12(15)10-9-16-8-5-14(10)4-3-11-17-6-2-7-18-11/h10-11H,2-9H2,1H3,(H,13,15). The minimum absolute atomic E-state index is 0.0141. The summed E-state index contributed by atoms with van der Waals surface area (Å²) in [5.74, 6) is 0.0141. The summed E-state index contributed by atoms with van der Waals surface area (Å²) in [5, 5.41) is 2.68. The van der Waals surface area contributed by atoms with E-state index in [2.05, 4.69) is 10.2 Å². The van der Waals surface area contributed by atoms with Gasteiger partial charge in [-0.25, -0.2) is 0 Å². The molecular weight excluding hydrogens is 236 g/mol. The molecule has 104 valence electrons. The Kier molecular flexibility index (Phi) is 5.37. The number of likely N-dealkylation sites (N-methyl/N-ethyl adjacent to an activating group) is 1. The molecule has 0 bridgehead atoms. The van der Waals surface area contributed by atoms with Gasteiger partial charge in [0.25, 0.3) is 0 Å². The number of nitrogens with zero attached hydrogens (tertiary/aromatic N) is 1. The minimum Gasteiger partial charge on any atom is -0.378 e. The number of rotatable bonds is 4. The van der Waals surface area contributed by atoms with E-state index in [1.165, 1.54) is 0 Å². The van der Waals surface area contributed by atoms with Crippen molar-refractivity contribution in [2.24, 2.45) is 0 Å². The molecule has 1 unspecified atom stereocenters. The fraction of sp³-hybridized carbons (Fsp3) is 0.917. The third-order valence-corrected chi connectivity index (χ3v) is 3.34. The number of carbonyl (C=O) groups is 1. The van der Waals surface area contributed by atoms with Crippen molar-refractivity contribution in [2.45, 2.75) is 25.2 Å². The Balaban J connectivity index is 1.79. The highest BCUT2D eigenvalue weighted by Crippen LogP contribution is 2.13. The number of hydrogen-bond donors (Lipinski definition) is 1. The number of nitrogens with one attached hydrogen (secondary N) is 1. The van der Waals surface area contributed by atoms with Gasteiger partial charge in [-0.3, -0.25) is 9.69 Å². The molecule has 0 saturated carbocycles. The summed E-state index contributed by atoms with van der Waals surface area (Å²) in [4.78, 5) is 13.9. The molecule has 2 fully saturated rings. The van der Waals surface area contributed by atoms with Gasteiger partial charge in [0, 0.05) is 26.6 Å². The number of carbonyl (C=O) groups excluding carboxylic acids is 1. The Morgan fingerprint density at radius 1 is 1.33 bits per heavy atom. The fourth-order valence-corrected chi connectivity index (χ4v) is 2.29. The summed E-state index contributed by atoms with van der Waals surface area (Å²) in [5.41, 5.74) is 0. The van der Waals surface area contributed by atoms with E-state index in [1.807, 2.05) is 0 Å². The SMILES string of the molecule is CNC(=O)C1COCCN1CCC1OCCCO1. The lowest BCUT2D eigenvalue weighted by molar-refractivity contribution is -0.184. The van der Waals surface area contributed by atoms with Crippen LogP contribution in [-0.4, -0.2) is 69.7 Å². The van der Waals surface area contributed by atoms with Crippen molar-refractivity contribution in [1.29, 1.82) is 0 Å². The first-order valence-corrected chi connectivity index (χ1v) is 6.58. The van der Waals surface area contributed by atoms with Crippen LogP contribution in [0.1, 0.15) is 12.8 Å². The van der Waals surface area contributed by atoms with E-state index >= 15 is 0 Å². The number of hydrogen-bond acceptors (Lipinski definition) is 5. The largest absolute Gasteiger partial charge is 0.378 e. The monoisotopic (exact) mass is 258 g/mol. The zero-order valence-electron chi connectivity index (χ0n) is 10.9. The topological polar surface area (TPSA) is 60.0 Å². The second kappa shape index (κ2) is 7.04. The van der Waals surface area contributed by atoms with E-state index in [4.69, 9.17) is 14.2 Å². The zero-order valence-corrected chi connectivity index (χ0v) is 10.9. The van der Waals surface area contributed by atoms with Gasteiger partial charge in [0.05, 0.1) is 26.4 Å². The first kappa shape index (κ1) is 13.7. The molecule has 2 rings (SSSR count). The lowest BCUT2D eigenvalue weighted by atomic mass is 10.2. The normalized spacial score (nSPS) is 27.1. The molecule has 0 spiro atoms. The predicted octanol–water partition coefficient (Wildman–Crippen LogP) is -0.414. The number of morpholine rings is 1. The summed E-state index contributed by atoms with van der Waals surface area (Å²) in [7, 11) is 1.66. The molecule has 2 saturated heterocycles. The molecule has 2 aliphatic rings. The van der Waals surface area contributed by atoms with Gasteiger partial charge in [-0.1, -0.05) is 0 Å². The Morgan fingerprint density at radius 2 is 2.11 bits per heavy atom. The third kappa shape index (κ3) is 3.65. The lowest BCUT2D eigenvalue weighted by Gasteiger charge is -2.35. The minimum atomic E-state index is -0.188. The second-order valence-corrected chi connectivity index (χ2v) is 4.55. The van der Waals surface area contributed by atoms with Gasteiger partial charge in [0.15, 0.2) is 6.29 Å². The van der Waals surface area contributed by atoms with Gasteiger partial charge in [-0.05, 0) is 6.42 Å². The molecule has 0 radical (unpaired) electrons. The van der Waals surface area contributed by atoms with Crippen molar-refractivity contribution in [1.82, 2.24) is 10.2 Å². The quantitative estimate of drug-likeness (QED) is 0.742. The van der Waals surface area contributed by atoms with E-state index in [0.29, 0.717) is 13.2 Å². The molecule has 6 nitrogen and oxygen atoms in total. The highest BCUT2D eigenvalue weighted by molar-refractivity contribution is 5.81. The maximum absolute atomic E-state index is 11.7. The smallest absolute Gasteiger partial charge is 0.239 e. The van der Waals surface area contributed by atoms with Gasteiger partial charge >= 0.3 is 0 Å². The molecule has 0 aromatic rings. The summed E-state index contributed by atoms with van der Waals surface area (Å²) in [6.45, 7) is 4.27. The maximum Gasteiger partial charge on any atom is 0.239 e. The van der Waals surface area contributed by atoms with Crippen LogP contribution in [0.5, 0.6) is 0 Å². The molecule has 0 aromatic heterocycles. The van der Waals surface area contributed by atoms with E-state index in [1.54, 1.807) is 7.05 Å². The van der Waals surface area contributed by atoms with Gasteiger partial charge in [0.1, 0.15) is 6.04 Å². The first-order valence-electron chi connectivity index (χ1n) is 6.58. The Hall–Kier alpha value is -0.690. The van der Waals surface area contributed by atoms with Crippen LogP contribution < -0.4 is 5.32 Å². The average Bonchev–Trinajstić information content (AvgIpc) is 2.45. The van der Waals surface area contributed by atoms with Crippen LogP contribution in [0, 0.1) is 0 Å². The first-order chi connectivity index (χ1) is 8.81. The summed E-state index contributed by atoms with van der Waals surface area (Å²) < 4.78 is 16.4. The van der Waals surface area contributed by atoms with Gasteiger partial charge in [-0.2, -0.15) is 0 Å². The van der Waals surface area contributed by atoms with Crippen LogP contribution in [0.25, 0.3) is 0 Å². The van der Waals surface area contributed by atoms with Crippen LogP contribution in [0.4, 0.5) is 0 Å². The fourth-order valence-electron chi connectivity index (χ4n) is 2.29. The van der Waals surface area contributed by atoms with Crippen molar-refractivity contribution in [2.75, 3.05) is 46.6 Å². The maximum atomic E-state index is 11.7. The van der Waals surface area contributed by atoms with E-state index in [9.17, 15) is 4.79 Å². The average molecular weight is 258 g/mol. The van der Waals surface area contributed by atoms with Crippen LogP contribution in [0.2, 0.25) is 0 Å². The predicted molar refractivity (Wildman–Crippen MR) is 65.2 cm³/mol. The van der Waals surface area contributed by atoms with E-state index in [0.717, 1.165) is 39.1 Å². The van der Waals surface area contributed by atoms with Gasteiger partial charge in [-0.15, -0.1) is 0 Å². The van der Waals surface area contributed by atoms with Gasteiger partial charge < -0.3 is 19.5 Å². The van der Waals surface area contributed by atoms with Crippen LogP contribution in [0.15, 0.2) is 0 Å². The molecule has 2 heterocycles. The van der Waals surface area contributed by atoms with Crippen molar-refractivity contribution in [3.8, 4) is 0 Å². The molecule has 6 heteroatoms. The molecule has 1 atom stereocenters. The highest BCUT2D eigenvalue weighted by atomic mass is 16.7. The summed E-state index contributed by atoms with van der Waals surface area (Å²) >= 11 is 0. The molecule has 0 aliphatic carbocycles. The molecule has 1 N–H and O–H groups in total. The Morgan fingerprint density at radius 3 is 2.83 bits per heavy atom. The lowest BCUT2D eigenvalue weighted by Crippen LogP contribution is -2.53. The van der Waals surface area contributed by atoms with Crippen LogP contribution in [-0.2, 0) is 19.0 Å². The third-order valence-electron chi connectivity index (χ3n) is 3.34. The number of amides is 1. The summed E-state index contributed by atoms with van der Waals surface area (Å²) in [6.07, 6.45) is 1.65. The van der Waals surface area contributed by atoms with E-state index < -0.39 is 0 Å². The van der Waals surface area contributed by atoms with E-state index in [-0.39, 0.29) is 18.2 Å². The Labute approximate surface area is 108 Å². The zero-order chi connectivity index (χ0) is 12.8.